The zero-order chi connectivity index (χ0) is 73.7. The highest BCUT2D eigenvalue weighted by molar-refractivity contribution is 7.47. The molecule has 0 bridgehead atoms. The minimum atomic E-state index is -4.96. The van der Waals surface area contributed by atoms with Gasteiger partial charge in [0.25, 0.3) is 0 Å². The first-order valence-corrected chi connectivity index (χ1v) is 44.9. The number of ether oxygens (including phenoxy) is 4. The minimum absolute atomic E-state index is 0.107. The van der Waals surface area contributed by atoms with E-state index >= 15 is 0 Å². The topological polar surface area (TPSA) is 237 Å². The monoisotopic (exact) mass is 1470 g/mol. The van der Waals surface area contributed by atoms with Crippen LogP contribution in [0, 0.1) is 17.8 Å². The summed E-state index contributed by atoms with van der Waals surface area (Å²) in [6.45, 7) is 12.0. The van der Waals surface area contributed by atoms with Crippen LogP contribution in [0.4, 0.5) is 0 Å². The third kappa shape index (κ3) is 73.0. The molecule has 0 amide bonds. The molecule has 0 aliphatic heterocycles. The lowest BCUT2D eigenvalue weighted by atomic mass is 9.99. The average molecular weight is 1470 g/mol. The largest absolute Gasteiger partial charge is 0.472 e. The second kappa shape index (κ2) is 71.3. The van der Waals surface area contributed by atoms with Crippen LogP contribution >= 0.6 is 15.6 Å². The molecule has 19 heteroatoms. The van der Waals surface area contributed by atoms with Crippen molar-refractivity contribution in [1.29, 1.82) is 0 Å². The van der Waals surface area contributed by atoms with Crippen molar-refractivity contribution in [1.82, 2.24) is 0 Å². The summed E-state index contributed by atoms with van der Waals surface area (Å²) < 4.78 is 68.7. The van der Waals surface area contributed by atoms with E-state index in [0.29, 0.717) is 31.6 Å². The zero-order valence-electron chi connectivity index (χ0n) is 65.7. The van der Waals surface area contributed by atoms with E-state index in [2.05, 4.69) is 48.5 Å². The van der Waals surface area contributed by atoms with E-state index in [1.165, 1.54) is 225 Å². The third-order valence-corrected chi connectivity index (χ3v) is 21.1. The summed E-state index contributed by atoms with van der Waals surface area (Å²) in [6.07, 6.45) is 59.7. The summed E-state index contributed by atoms with van der Waals surface area (Å²) in [5, 5.41) is 10.6. The van der Waals surface area contributed by atoms with E-state index in [9.17, 15) is 43.2 Å². The number of phosphoric acid groups is 2. The molecular formula is C81H158O17P2. The molecule has 0 radical (unpaired) electrons. The van der Waals surface area contributed by atoms with Crippen LogP contribution < -0.4 is 0 Å². The van der Waals surface area contributed by atoms with Crippen molar-refractivity contribution < 1.29 is 80.2 Å². The number of esters is 4. The second-order valence-electron chi connectivity index (χ2n) is 30.4. The van der Waals surface area contributed by atoms with Crippen LogP contribution in [0.5, 0.6) is 0 Å². The first kappa shape index (κ1) is 98.1. The normalized spacial score (nSPS) is 14.2. The molecule has 0 aliphatic carbocycles. The number of carbonyl (C=O) groups excluding carboxylic acids is 4. The Kier molecular flexibility index (Phi) is 69.9. The van der Waals surface area contributed by atoms with E-state index in [1.54, 1.807) is 0 Å². The van der Waals surface area contributed by atoms with Crippen molar-refractivity contribution >= 4 is 39.5 Å². The summed E-state index contributed by atoms with van der Waals surface area (Å²) in [7, 11) is -9.92. The Labute approximate surface area is 613 Å². The fraction of sp³-hybridized carbons (Fsp3) is 0.951. The molecule has 0 spiro atoms. The molecule has 0 aromatic heterocycles. The van der Waals surface area contributed by atoms with Gasteiger partial charge in [-0.15, -0.1) is 0 Å². The molecule has 17 nitrogen and oxygen atoms in total. The Morgan fingerprint density at radius 2 is 0.510 bits per heavy atom. The van der Waals surface area contributed by atoms with Gasteiger partial charge < -0.3 is 33.8 Å². The molecule has 0 heterocycles. The Balaban J connectivity index is 5.21. The van der Waals surface area contributed by atoms with E-state index in [1.807, 2.05) is 0 Å². The van der Waals surface area contributed by atoms with Gasteiger partial charge in [0, 0.05) is 25.7 Å². The fourth-order valence-electron chi connectivity index (χ4n) is 12.5. The maximum atomic E-state index is 13.1. The lowest BCUT2D eigenvalue weighted by Crippen LogP contribution is -2.30. The predicted octanol–water partition coefficient (Wildman–Crippen LogP) is 24.1. The quantitative estimate of drug-likeness (QED) is 0.0222. The molecule has 0 aromatic rings. The molecular weight excluding hydrogens is 1310 g/mol. The Hall–Kier alpha value is -1.94. The van der Waals surface area contributed by atoms with Crippen molar-refractivity contribution in [3.05, 3.63) is 0 Å². The minimum Gasteiger partial charge on any atom is -0.462 e. The van der Waals surface area contributed by atoms with Gasteiger partial charge in [0.1, 0.15) is 19.3 Å². The Morgan fingerprint density at radius 1 is 0.290 bits per heavy atom. The van der Waals surface area contributed by atoms with Crippen molar-refractivity contribution in [3.63, 3.8) is 0 Å². The van der Waals surface area contributed by atoms with Gasteiger partial charge in [-0.25, -0.2) is 9.13 Å². The lowest BCUT2D eigenvalue weighted by molar-refractivity contribution is -0.161. The molecule has 0 aliphatic rings. The highest BCUT2D eigenvalue weighted by Gasteiger charge is 2.30. The number of unbranched alkanes of at least 4 members (excludes halogenated alkanes) is 46. The molecule has 3 N–H and O–H groups in total. The Bertz CT molecular complexity index is 1940. The fourth-order valence-corrected chi connectivity index (χ4v) is 14.0. The highest BCUT2D eigenvalue weighted by Crippen LogP contribution is 2.45. The van der Waals surface area contributed by atoms with Crippen LogP contribution in [0.25, 0.3) is 0 Å². The van der Waals surface area contributed by atoms with Crippen LogP contribution in [-0.2, 0) is 65.4 Å². The first-order chi connectivity index (χ1) is 48.3. The molecule has 0 saturated carbocycles. The summed E-state index contributed by atoms with van der Waals surface area (Å²) in [4.78, 5) is 73.0. The molecule has 0 saturated heterocycles. The first-order valence-electron chi connectivity index (χ1n) is 41.9. The summed E-state index contributed by atoms with van der Waals surface area (Å²) >= 11 is 0. The number of phosphoric ester groups is 2. The lowest BCUT2D eigenvalue weighted by Gasteiger charge is -2.21. The third-order valence-electron chi connectivity index (χ3n) is 19.2. The highest BCUT2D eigenvalue weighted by atomic mass is 31.2. The smallest absolute Gasteiger partial charge is 0.462 e. The average Bonchev–Trinajstić information content (AvgIpc) is 0.955. The van der Waals surface area contributed by atoms with Crippen molar-refractivity contribution in [2.75, 3.05) is 39.6 Å². The maximum Gasteiger partial charge on any atom is 0.472 e. The van der Waals surface area contributed by atoms with Gasteiger partial charge in [-0.2, -0.15) is 0 Å². The number of hydrogen-bond donors (Lipinski definition) is 3. The van der Waals surface area contributed by atoms with Crippen LogP contribution in [0.2, 0.25) is 0 Å². The number of aliphatic hydroxyl groups excluding tert-OH is 1. The molecule has 594 valence electrons. The standard InChI is InChI=1S/C81H158O17P2/c1-8-10-11-12-13-14-15-22-30-35-42-50-57-64-80(85)98-77(69-92-79(84)63-56-49-44-37-39-46-53-60-73(5)6)71-96-100(89,90)94-67-75(82)66-93-99(87,88)95-70-76(68-91-78(83)62-55-48-41-34-29-26-25-27-32-38-45-52-59-72(3)4)97-81(86)65-58-51-43-36-31-24-21-19-17-16-18-20-23-28-33-40-47-54-61-74(7)9-2/h72-77,82H,8-71H2,1-7H3,(H,87,88)(H,89,90)/t74?,75-,76-,77-/m1/s1. The predicted molar refractivity (Wildman–Crippen MR) is 409 cm³/mol. The van der Waals surface area contributed by atoms with Gasteiger partial charge in [-0.05, 0) is 43.4 Å². The molecule has 0 aromatic carbocycles. The SMILES string of the molecule is CCCCCCCCCCCCCCCC(=O)O[C@H](COC(=O)CCCCCCCCCC(C)C)COP(=O)(O)OC[C@H](O)COP(=O)(O)OC[C@@H](COC(=O)CCCCCCCCCCCCCCC(C)C)OC(=O)CCCCCCCCCCCCCCCCCCCCC(C)CC. The molecule has 0 rings (SSSR count). The van der Waals surface area contributed by atoms with Gasteiger partial charge in [-0.1, -0.05) is 370 Å². The number of hydrogen-bond acceptors (Lipinski definition) is 15. The van der Waals surface area contributed by atoms with Gasteiger partial charge in [0.05, 0.1) is 26.4 Å². The van der Waals surface area contributed by atoms with Crippen molar-refractivity contribution in [2.24, 2.45) is 17.8 Å². The van der Waals surface area contributed by atoms with Gasteiger partial charge in [0.15, 0.2) is 12.2 Å². The number of aliphatic hydroxyl groups is 1. The van der Waals surface area contributed by atoms with Crippen LogP contribution in [0.1, 0.15) is 421 Å². The summed E-state index contributed by atoms with van der Waals surface area (Å²) in [6, 6.07) is 0. The van der Waals surface area contributed by atoms with Gasteiger partial charge in [0.2, 0.25) is 0 Å². The number of rotatable bonds is 79. The molecule has 100 heavy (non-hydrogen) atoms. The van der Waals surface area contributed by atoms with Crippen LogP contribution in [-0.4, -0.2) is 96.7 Å². The van der Waals surface area contributed by atoms with Crippen LogP contribution in [0.3, 0.4) is 0 Å². The van der Waals surface area contributed by atoms with Crippen molar-refractivity contribution in [3.8, 4) is 0 Å². The van der Waals surface area contributed by atoms with E-state index in [0.717, 1.165) is 108 Å². The molecule has 3 unspecified atom stereocenters. The van der Waals surface area contributed by atoms with E-state index in [-0.39, 0.29) is 25.7 Å². The van der Waals surface area contributed by atoms with Gasteiger partial charge >= 0.3 is 39.5 Å². The summed E-state index contributed by atoms with van der Waals surface area (Å²) in [5.74, 6) is 0.247. The summed E-state index contributed by atoms with van der Waals surface area (Å²) in [5.41, 5.74) is 0. The van der Waals surface area contributed by atoms with Crippen molar-refractivity contribution in [2.45, 2.75) is 439 Å². The molecule has 0 fully saturated rings. The Morgan fingerprint density at radius 3 is 0.760 bits per heavy atom. The van der Waals surface area contributed by atoms with E-state index in [4.69, 9.17) is 37.0 Å². The number of carbonyl (C=O) groups is 4. The zero-order valence-corrected chi connectivity index (χ0v) is 67.5. The maximum absolute atomic E-state index is 13.1. The van der Waals surface area contributed by atoms with Gasteiger partial charge in [-0.3, -0.25) is 37.3 Å². The molecule has 6 atom stereocenters. The second-order valence-corrected chi connectivity index (χ2v) is 33.3. The van der Waals surface area contributed by atoms with Crippen LogP contribution in [0.15, 0.2) is 0 Å². The van der Waals surface area contributed by atoms with E-state index < -0.39 is 97.5 Å².